The Balaban J connectivity index is 2.08. The topological polar surface area (TPSA) is 47.4 Å². The first-order valence-corrected chi connectivity index (χ1v) is 7.37. The number of halogens is 1. The second-order valence-corrected chi connectivity index (χ2v) is 5.67. The summed E-state index contributed by atoms with van der Waals surface area (Å²) in [6.45, 7) is 2.38. The van der Waals surface area contributed by atoms with E-state index in [1.165, 1.54) is 0 Å². The zero-order valence-corrected chi connectivity index (χ0v) is 14.0. The number of aromatic nitrogens is 2. The van der Waals surface area contributed by atoms with E-state index in [1.807, 2.05) is 32.2 Å². The molecule has 0 aliphatic rings. The van der Waals surface area contributed by atoms with Crippen molar-refractivity contribution in [2.45, 2.75) is 19.4 Å². The molecule has 0 radical (unpaired) electrons. The van der Waals surface area contributed by atoms with Crippen LogP contribution in [0.2, 0.25) is 5.02 Å². The molecule has 2 aromatic rings. The van der Waals surface area contributed by atoms with Crippen molar-refractivity contribution in [1.82, 2.24) is 14.7 Å². The number of methoxy groups -OCH3 is 1. The lowest BCUT2D eigenvalue weighted by atomic mass is 10.1. The van der Waals surface area contributed by atoms with Gasteiger partial charge in [0.25, 0.3) is 0 Å². The Bertz CT molecular complexity index is 669. The van der Waals surface area contributed by atoms with Crippen molar-refractivity contribution in [2.75, 3.05) is 14.2 Å². The van der Waals surface area contributed by atoms with E-state index < -0.39 is 0 Å². The number of rotatable bonds is 5. The second-order valence-electron chi connectivity index (χ2n) is 5.26. The van der Waals surface area contributed by atoms with Crippen LogP contribution in [0.3, 0.4) is 0 Å². The maximum atomic E-state index is 12.5. The van der Waals surface area contributed by atoms with Gasteiger partial charge in [-0.25, -0.2) is 0 Å². The van der Waals surface area contributed by atoms with Crippen LogP contribution in [0, 0.1) is 0 Å². The van der Waals surface area contributed by atoms with Crippen LogP contribution in [-0.2, 0) is 18.4 Å². The summed E-state index contributed by atoms with van der Waals surface area (Å²) < 4.78 is 6.85. The number of hydrogen-bond acceptors (Lipinski definition) is 3. The number of likely N-dealkylation sites (N-methyl/N-ethyl adjacent to an activating group) is 1. The molecule has 0 fully saturated rings. The molecule has 1 amide bonds. The molecule has 22 heavy (non-hydrogen) atoms. The van der Waals surface area contributed by atoms with E-state index in [-0.39, 0.29) is 11.8 Å². The van der Waals surface area contributed by atoms with Crippen molar-refractivity contribution >= 4 is 17.5 Å². The number of carbonyl (C=O) groups is 1. The highest BCUT2D eigenvalue weighted by Gasteiger charge is 2.22. The van der Waals surface area contributed by atoms with Crippen molar-refractivity contribution in [3.05, 3.63) is 46.7 Å². The van der Waals surface area contributed by atoms with Crippen LogP contribution in [0.15, 0.2) is 30.5 Å². The highest BCUT2D eigenvalue weighted by molar-refractivity contribution is 6.32. The first-order chi connectivity index (χ1) is 10.4. The van der Waals surface area contributed by atoms with E-state index in [0.717, 1.165) is 11.3 Å². The summed E-state index contributed by atoms with van der Waals surface area (Å²) in [5.41, 5.74) is 1.85. The number of aryl methyl sites for hydroxylation is 1. The fraction of sp³-hybridized carbons (Fsp3) is 0.375. The number of amides is 1. The van der Waals surface area contributed by atoms with Gasteiger partial charge in [-0.3, -0.25) is 9.48 Å². The minimum Gasteiger partial charge on any atom is -0.495 e. The van der Waals surface area contributed by atoms with E-state index in [2.05, 4.69) is 5.10 Å². The largest absolute Gasteiger partial charge is 0.495 e. The number of carbonyl (C=O) groups excluding carboxylic acids is 1. The summed E-state index contributed by atoms with van der Waals surface area (Å²) in [7, 11) is 5.20. The molecular formula is C16H20ClN3O2. The Kier molecular flexibility index (Phi) is 5.08. The van der Waals surface area contributed by atoms with Gasteiger partial charge in [-0.2, -0.15) is 5.10 Å². The fourth-order valence-corrected chi connectivity index (χ4v) is 2.71. The van der Waals surface area contributed by atoms with Gasteiger partial charge in [0.15, 0.2) is 0 Å². The Morgan fingerprint density at radius 3 is 2.73 bits per heavy atom. The zero-order chi connectivity index (χ0) is 16.3. The van der Waals surface area contributed by atoms with Gasteiger partial charge in [0.1, 0.15) is 5.75 Å². The second kappa shape index (κ2) is 6.83. The van der Waals surface area contributed by atoms with Gasteiger partial charge >= 0.3 is 0 Å². The van der Waals surface area contributed by atoms with Crippen molar-refractivity contribution in [3.63, 3.8) is 0 Å². The number of hydrogen-bond donors (Lipinski definition) is 0. The van der Waals surface area contributed by atoms with Crippen LogP contribution < -0.4 is 4.74 Å². The fourth-order valence-electron chi connectivity index (χ4n) is 2.43. The molecule has 2 rings (SSSR count). The molecule has 0 spiro atoms. The van der Waals surface area contributed by atoms with Gasteiger partial charge in [0.05, 0.1) is 23.7 Å². The quantitative estimate of drug-likeness (QED) is 0.850. The van der Waals surface area contributed by atoms with Crippen molar-refractivity contribution in [2.24, 2.45) is 7.05 Å². The molecule has 0 N–H and O–H groups in total. The summed E-state index contributed by atoms with van der Waals surface area (Å²) >= 11 is 6.12. The third-order valence-corrected chi connectivity index (χ3v) is 3.98. The Morgan fingerprint density at radius 1 is 1.45 bits per heavy atom. The van der Waals surface area contributed by atoms with Crippen molar-refractivity contribution < 1.29 is 9.53 Å². The van der Waals surface area contributed by atoms with Crippen LogP contribution in [0.25, 0.3) is 0 Å². The molecule has 5 nitrogen and oxygen atoms in total. The summed E-state index contributed by atoms with van der Waals surface area (Å²) in [5, 5.41) is 4.65. The molecule has 0 bridgehead atoms. The molecule has 0 unspecified atom stereocenters. The first-order valence-electron chi connectivity index (χ1n) is 6.99. The van der Waals surface area contributed by atoms with E-state index in [4.69, 9.17) is 16.3 Å². The highest BCUT2D eigenvalue weighted by Crippen LogP contribution is 2.26. The van der Waals surface area contributed by atoms with Gasteiger partial charge in [0, 0.05) is 26.8 Å². The molecule has 1 atom stereocenters. The minimum absolute atomic E-state index is 0.0375. The average molecular weight is 322 g/mol. The lowest BCUT2D eigenvalue weighted by Crippen LogP contribution is -2.31. The van der Waals surface area contributed by atoms with Crippen LogP contribution >= 0.6 is 11.6 Å². The standard InChI is InChI=1S/C16H20ClN3O2/c1-11(14-7-8-18-20(14)3)16(21)19(2)10-12-5-6-15(22-4)13(17)9-12/h5-9,11H,10H2,1-4H3/t11-/m1/s1. The van der Waals surface area contributed by atoms with Crippen LogP contribution in [-0.4, -0.2) is 34.7 Å². The molecule has 1 aromatic heterocycles. The molecule has 118 valence electrons. The third kappa shape index (κ3) is 3.42. The SMILES string of the molecule is COc1ccc(CN(C)C(=O)[C@H](C)c2ccnn2C)cc1Cl. The number of ether oxygens (including phenoxy) is 1. The summed E-state index contributed by atoms with van der Waals surface area (Å²) in [4.78, 5) is 14.2. The van der Waals surface area contributed by atoms with Gasteiger partial charge in [-0.15, -0.1) is 0 Å². The normalized spacial score (nSPS) is 12.0. The van der Waals surface area contributed by atoms with E-state index in [0.29, 0.717) is 17.3 Å². The van der Waals surface area contributed by atoms with Gasteiger partial charge in [0.2, 0.25) is 5.91 Å². The smallest absolute Gasteiger partial charge is 0.231 e. The Hall–Kier alpha value is -2.01. The first kappa shape index (κ1) is 16.4. The summed E-state index contributed by atoms with van der Waals surface area (Å²) in [5.74, 6) is 0.421. The molecule has 0 saturated heterocycles. The van der Waals surface area contributed by atoms with E-state index in [9.17, 15) is 4.79 Å². The summed E-state index contributed by atoms with van der Waals surface area (Å²) in [6, 6.07) is 7.39. The molecule has 0 aliphatic heterocycles. The molecule has 1 aromatic carbocycles. The van der Waals surface area contributed by atoms with Crippen LogP contribution in [0.1, 0.15) is 24.1 Å². The predicted octanol–water partition coefficient (Wildman–Crippen LogP) is 2.84. The number of nitrogens with zero attached hydrogens (tertiary/aromatic N) is 3. The van der Waals surface area contributed by atoms with Gasteiger partial charge in [-0.1, -0.05) is 17.7 Å². The Morgan fingerprint density at radius 2 is 2.18 bits per heavy atom. The average Bonchev–Trinajstić information content (AvgIpc) is 2.92. The van der Waals surface area contributed by atoms with Crippen molar-refractivity contribution in [3.8, 4) is 5.75 Å². The third-order valence-electron chi connectivity index (χ3n) is 3.69. The van der Waals surface area contributed by atoms with Gasteiger partial charge < -0.3 is 9.64 Å². The monoisotopic (exact) mass is 321 g/mol. The molecule has 1 heterocycles. The lowest BCUT2D eigenvalue weighted by Gasteiger charge is -2.22. The molecule has 0 aliphatic carbocycles. The lowest BCUT2D eigenvalue weighted by molar-refractivity contribution is -0.131. The zero-order valence-electron chi connectivity index (χ0n) is 13.2. The van der Waals surface area contributed by atoms with Crippen LogP contribution in [0.5, 0.6) is 5.75 Å². The van der Waals surface area contributed by atoms with Gasteiger partial charge in [-0.05, 0) is 30.7 Å². The Labute approximate surface area is 135 Å². The van der Waals surface area contributed by atoms with Crippen molar-refractivity contribution in [1.29, 1.82) is 0 Å². The maximum absolute atomic E-state index is 12.5. The number of benzene rings is 1. The highest BCUT2D eigenvalue weighted by atomic mass is 35.5. The molecular weight excluding hydrogens is 302 g/mol. The van der Waals surface area contributed by atoms with Crippen LogP contribution in [0.4, 0.5) is 0 Å². The van der Waals surface area contributed by atoms with E-state index in [1.54, 1.807) is 36.0 Å². The maximum Gasteiger partial charge on any atom is 0.231 e. The minimum atomic E-state index is -0.244. The summed E-state index contributed by atoms with van der Waals surface area (Å²) in [6.07, 6.45) is 1.70. The predicted molar refractivity (Wildman–Crippen MR) is 86.1 cm³/mol. The molecule has 0 saturated carbocycles. The molecule has 6 heteroatoms. The van der Waals surface area contributed by atoms with E-state index >= 15 is 0 Å².